The lowest BCUT2D eigenvalue weighted by Gasteiger charge is -1.90. The van der Waals surface area contributed by atoms with Gasteiger partial charge in [0.15, 0.2) is 0 Å². The molecule has 10 heavy (non-hydrogen) atoms. The highest BCUT2D eigenvalue weighted by atomic mass is 14.6. The maximum absolute atomic E-state index is 4.06. The maximum atomic E-state index is 4.06. The van der Waals surface area contributed by atoms with E-state index in [9.17, 15) is 0 Å². The molecule has 0 bridgehead atoms. The topological polar surface area (TPSA) is 12.9 Å². The predicted octanol–water partition coefficient (Wildman–Crippen LogP) is 1.76. The van der Waals surface area contributed by atoms with Gasteiger partial charge in [0, 0.05) is 6.20 Å². The molecule has 0 atom stereocenters. The van der Waals surface area contributed by atoms with Gasteiger partial charge in [-0.2, -0.15) is 0 Å². The van der Waals surface area contributed by atoms with Crippen LogP contribution in [0.15, 0.2) is 18.3 Å². The first-order valence-corrected chi connectivity index (χ1v) is 3.18. The largest absolute Gasteiger partial charge is 0.248 e. The molecular weight excluding hydrogens is 122 g/mol. The van der Waals surface area contributed by atoms with E-state index < -0.39 is 0 Å². The van der Waals surface area contributed by atoms with Crippen molar-refractivity contribution in [1.29, 1.82) is 0 Å². The Balaban J connectivity index is 3.03. The van der Waals surface area contributed by atoms with Crippen LogP contribution in [0.2, 0.25) is 0 Å². The van der Waals surface area contributed by atoms with Gasteiger partial charge in [0.25, 0.3) is 0 Å². The van der Waals surface area contributed by atoms with E-state index in [0.29, 0.717) is 0 Å². The van der Waals surface area contributed by atoms with Crippen LogP contribution >= 0.6 is 0 Å². The van der Waals surface area contributed by atoms with Crippen molar-refractivity contribution in [2.45, 2.75) is 13.8 Å². The van der Waals surface area contributed by atoms with Gasteiger partial charge in [0.1, 0.15) is 5.69 Å². The van der Waals surface area contributed by atoms with Gasteiger partial charge < -0.3 is 0 Å². The van der Waals surface area contributed by atoms with Crippen molar-refractivity contribution >= 4 is 0 Å². The number of pyridine rings is 1. The lowest BCUT2D eigenvalue weighted by molar-refractivity contribution is 1.25. The number of aryl methyl sites for hydroxylation is 1. The number of aromatic nitrogens is 1. The molecule has 1 aromatic heterocycles. The molecule has 1 aromatic rings. The normalized spacial score (nSPS) is 8.20. The average molecular weight is 131 g/mol. The van der Waals surface area contributed by atoms with E-state index >= 15 is 0 Å². The monoisotopic (exact) mass is 131 g/mol. The highest BCUT2D eigenvalue weighted by Gasteiger charge is 1.85. The SMILES string of the molecule is CC#Cc1cc(C)ccn1. The van der Waals surface area contributed by atoms with Gasteiger partial charge in [-0.3, -0.25) is 0 Å². The summed E-state index contributed by atoms with van der Waals surface area (Å²) in [5.41, 5.74) is 2.05. The zero-order chi connectivity index (χ0) is 7.40. The summed E-state index contributed by atoms with van der Waals surface area (Å²) in [6.45, 7) is 3.84. The van der Waals surface area contributed by atoms with Gasteiger partial charge in [0.05, 0.1) is 0 Å². The first-order valence-electron chi connectivity index (χ1n) is 3.18. The highest BCUT2D eigenvalue weighted by Crippen LogP contribution is 1.96. The average Bonchev–Trinajstić information content (AvgIpc) is 1.88. The molecule has 0 aliphatic rings. The standard InChI is InChI=1S/C9H9N/c1-3-4-9-7-8(2)5-6-10-9/h5-7H,1-2H3. The third kappa shape index (κ3) is 1.60. The lowest BCUT2D eigenvalue weighted by atomic mass is 10.2. The highest BCUT2D eigenvalue weighted by molar-refractivity contribution is 5.29. The summed E-state index contributed by atoms with van der Waals surface area (Å²) in [6.07, 6.45) is 1.77. The fourth-order valence-corrected chi connectivity index (χ4v) is 0.733. The van der Waals surface area contributed by atoms with Crippen LogP contribution in [0.1, 0.15) is 18.2 Å². The summed E-state index contributed by atoms with van der Waals surface area (Å²) in [5.74, 6) is 5.69. The van der Waals surface area contributed by atoms with Crippen LogP contribution in [-0.4, -0.2) is 4.98 Å². The Kier molecular flexibility index (Phi) is 2.07. The Morgan fingerprint density at radius 3 is 2.90 bits per heavy atom. The Labute approximate surface area is 61.1 Å². The van der Waals surface area contributed by atoms with E-state index in [1.165, 1.54) is 5.56 Å². The van der Waals surface area contributed by atoms with Gasteiger partial charge in [-0.25, -0.2) is 4.98 Å². The van der Waals surface area contributed by atoms with Crippen molar-refractivity contribution in [1.82, 2.24) is 4.98 Å². The molecule has 0 saturated heterocycles. The van der Waals surface area contributed by atoms with E-state index in [4.69, 9.17) is 0 Å². The summed E-state index contributed by atoms with van der Waals surface area (Å²) in [4.78, 5) is 4.06. The second-order valence-electron chi connectivity index (χ2n) is 2.09. The van der Waals surface area contributed by atoms with Gasteiger partial charge in [0.2, 0.25) is 0 Å². The molecule has 0 fully saturated rings. The number of hydrogen-bond donors (Lipinski definition) is 0. The van der Waals surface area contributed by atoms with Crippen molar-refractivity contribution in [2.24, 2.45) is 0 Å². The van der Waals surface area contributed by atoms with Gasteiger partial charge in [-0.1, -0.05) is 5.92 Å². The molecule has 1 heterocycles. The molecule has 50 valence electrons. The minimum absolute atomic E-state index is 0.850. The molecule has 0 unspecified atom stereocenters. The predicted molar refractivity (Wildman–Crippen MR) is 41.5 cm³/mol. The van der Waals surface area contributed by atoms with Crippen LogP contribution in [0.5, 0.6) is 0 Å². The van der Waals surface area contributed by atoms with Crippen molar-refractivity contribution in [2.75, 3.05) is 0 Å². The van der Waals surface area contributed by atoms with Crippen LogP contribution in [-0.2, 0) is 0 Å². The molecule has 0 spiro atoms. The minimum Gasteiger partial charge on any atom is -0.248 e. The van der Waals surface area contributed by atoms with Crippen LogP contribution in [0.4, 0.5) is 0 Å². The smallest absolute Gasteiger partial charge is 0.113 e. The van der Waals surface area contributed by atoms with Gasteiger partial charge in [-0.05, 0) is 37.5 Å². The van der Waals surface area contributed by atoms with E-state index in [2.05, 4.69) is 16.8 Å². The van der Waals surface area contributed by atoms with E-state index in [-0.39, 0.29) is 0 Å². The quantitative estimate of drug-likeness (QED) is 0.489. The Morgan fingerprint density at radius 2 is 2.30 bits per heavy atom. The first kappa shape index (κ1) is 6.82. The first-order chi connectivity index (χ1) is 4.83. The van der Waals surface area contributed by atoms with Crippen LogP contribution in [0.3, 0.4) is 0 Å². The van der Waals surface area contributed by atoms with Crippen molar-refractivity contribution < 1.29 is 0 Å². The van der Waals surface area contributed by atoms with Crippen LogP contribution in [0.25, 0.3) is 0 Å². The number of rotatable bonds is 0. The Bertz CT molecular complexity index is 278. The second kappa shape index (κ2) is 3.03. The summed E-state index contributed by atoms with van der Waals surface area (Å²) in [5, 5.41) is 0. The molecular formula is C9H9N. The summed E-state index contributed by atoms with van der Waals surface area (Å²) < 4.78 is 0. The molecule has 0 amide bonds. The molecule has 0 aliphatic heterocycles. The third-order valence-corrected chi connectivity index (χ3v) is 1.17. The molecule has 0 aromatic carbocycles. The van der Waals surface area contributed by atoms with Crippen molar-refractivity contribution in [3.63, 3.8) is 0 Å². The fourth-order valence-electron chi connectivity index (χ4n) is 0.733. The lowest BCUT2D eigenvalue weighted by Crippen LogP contribution is -1.81. The molecule has 0 saturated carbocycles. The van der Waals surface area contributed by atoms with Gasteiger partial charge in [-0.15, -0.1) is 0 Å². The summed E-state index contributed by atoms with van der Waals surface area (Å²) >= 11 is 0. The Morgan fingerprint density at radius 1 is 1.50 bits per heavy atom. The fraction of sp³-hybridized carbons (Fsp3) is 0.222. The van der Waals surface area contributed by atoms with Crippen LogP contribution < -0.4 is 0 Å². The molecule has 0 radical (unpaired) electrons. The second-order valence-corrected chi connectivity index (χ2v) is 2.09. The van der Waals surface area contributed by atoms with Crippen molar-refractivity contribution in [3.05, 3.63) is 29.6 Å². The molecule has 0 aliphatic carbocycles. The summed E-state index contributed by atoms with van der Waals surface area (Å²) in [7, 11) is 0. The molecule has 1 heteroatoms. The van der Waals surface area contributed by atoms with Crippen LogP contribution in [0, 0.1) is 18.8 Å². The van der Waals surface area contributed by atoms with Crippen molar-refractivity contribution in [3.8, 4) is 11.8 Å². The maximum Gasteiger partial charge on any atom is 0.113 e. The zero-order valence-corrected chi connectivity index (χ0v) is 6.18. The molecule has 0 N–H and O–H groups in total. The van der Waals surface area contributed by atoms with E-state index in [0.717, 1.165) is 5.69 Å². The van der Waals surface area contributed by atoms with Gasteiger partial charge >= 0.3 is 0 Å². The van der Waals surface area contributed by atoms with E-state index in [1.807, 2.05) is 26.0 Å². The summed E-state index contributed by atoms with van der Waals surface area (Å²) in [6, 6.07) is 3.93. The molecule has 1 nitrogen and oxygen atoms in total. The Hall–Kier alpha value is -1.29. The minimum atomic E-state index is 0.850. The molecule has 1 rings (SSSR count). The number of hydrogen-bond acceptors (Lipinski definition) is 1. The van der Waals surface area contributed by atoms with E-state index in [1.54, 1.807) is 6.20 Å². The zero-order valence-electron chi connectivity index (χ0n) is 6.18. The number of nitrogens with zero attached hydrogens (tertiary/aromatic N) is 1. The third-order valence-electron chi connectivity index (χ3n) is 1.17.